The SMILES string of the molecule is CC(C)C(NC(=O)OCc1ccccc1)C(=O)NC[C@@H](N)C(C)C. The Morgan fingerprint density at radius 1 is 1.08 bits per heavy atom. The Kier molecular flexibility index (Phi) is 8.26. The molecule has 6 nitrogen and oxygen atoms in total. The van der Waals surface area contributed by atoms with E-state index in [9.17, 15) is 9.59 Å². The summed E-state index contributed by atoms with van der Waals surface area (Å²) in [6.45, 7) is 8.26. The van der Waals surface area contributed by atoms with Crippen LogP contribution in [0.25, 0.3) is 0 Å². The highest BCUT2D eigenvalue weighted by atomic mass is 16.5. The van der Waals surface area contributed by atoms with Crippen molar-refractivity contribution in [1.29, 1.82) is 0 Å². The molecule has 6 heteroatoms. The summed E-state index contributed by atoms with van der Waals surface area (Å²) in [7, 11) is 0. The quantitative estimate of drug-likeness (QED) is 0.678. The van der Waals surface area contributed by atoms with Gasteiger partial charge in [0.25, 0.3) is 0 Å². The van der Waals surface area contributed by atoms with E-state index in [0.29, 0.717) is 6.54 Å². The third-order valence-electron chi connectivity index (χ3n) is 3.80. The van der Waals surface area contributed by atoms with Gasteiger partial charge in [-0.25, -0.2) is 4.79 Å². The van der Waals surface area contributed by atoms with Crippen molar-refractivity contribution in [2.45, 2.75) is 46.4 Å². The average molecular weight is 335 g/mol. The van der Waals surface area contributed by atoms with Crippen molar-refractivity contribution in [2.75, 3.05) is 6.54 Å². The van der Waals surface area contributed by atoms with E-state index >= 15 is 0 Å². The second-order valence-electron chi connectivity index (χ2n) is 6.58. The molecule has 0 aliphatic carbocycles. The molecule has 24 heavy (non-hydrogen) atoms. The summed E-state index contributed by atoms with van der Waals surface area (Å²) in [5, 5.41) is 5.42. The number of hydrogen-bond acceptors (Lipinski definition) is 4. The standard InChI is InChI=1S/C18H29N3O3/c1-12(2)15(19)10-20-17(22)16(13(3)4)21-18(23)24-11-14-8-6-5-7-9-14/h5-9,12-13,15-16H,10-11,19H2,1-4H3,(H,20,22)(H,21,23)/t15-,16?/m1/s1. The fraction of sp³-hybridized carbons (Fsp3) is 0.556. The maximum atomic E-state index is 12.3. The number of amides is 2. The third kappa shape index (κ3) is 7.00. The molecule has 2 atom stereocenters. The number of alkyl carbamates (subject to hydrolysis) is 1. The fourth-order valence-electron chi connectivity index (χ4n) is 1.99. The highest BCUT2D eigenvalue weighted by Gasteiger charge is 2.25. The van der Waals surface area contributed by atoms with Crippen LogP contribution in [-0.2, 0) is 16.1 Å². The predicted molar refractivity (Wildman–Crippen MR) is 94.2 cm³/mol. The molecule has 1 aromatic rings. The Morgan fingerprint density at radius 3 is 2.25 bits per heavy atom. The molecule has 0 bridgehead atoms. The van der Waals surface area contributed by atoms with Crippen molar-refractivity contribution in [3.63, 3.8) is 0 Å². The normalized spacial score (nSPS) is 13.5. The van der Waals surface area contributed by atoms with Crippen LogP contribution in [0.4, 0.5) is 4.79 Å². The van der Waals surface area contributed by atoms with Crippen molar-refractivity contribution in [2.24, 2.45) is 17.6 Å². The zero-order valence-corrected chi connectivity index (χ0v) is 14.9. The molecule has 0 saturated carbocycles. The lowest BCUT2D eigenvalue weighted by molar-refractivity contribution is -0.124. The average Bonchev–Trinajstić information content (AvgIpc) is 2.55. The van der Waals surface area contributed by atoms with Crippen LogP contribution in [0.15, 0.2) is 30.3 Å². The summed E-state index contributed by atoms with van der Waals surface area (Å²) in [6.07, 6.45) is -0.610. The van der Waals surface area contributed by atoms with Crippen LogP contribution in [0.1, 0.15) is 33.3 Å². The molecule has 2 amide bonds. The number of ether oxygens (including phenoxy) is 1. The molecular formula is C18H29N3O3. The molecule has 1 rings (SSSR count). The first-order valence-electron chi connectivity index (χ1n) is 8.31. The number of rotatable bonds is 8. The van der Waals surface area contributed by atoms with E-state index in [1.165, 1.54) is 0 Å². The van der Waals surface area contributed by atoms with Gasteiger partial charge in [-0.3, -0.25) is 4.79 Å². The first-order chi connectivity index (χ1) is 11.3. The Bertz CT molecular complexity index is 518. The Hall–Kier alpha value is -2.08. The van der Waals surface area contributed by atoms with E-state index in [0.717, 1.165) is 5.56 Å². The van der Waals surface area contributed by atoms with Gasteiger partial charge in [0.05, 0.1) is 0 Å². The van der Waals surface area contributed by atoms with Crippen molar-refractivity contribution in [3.05, 3.63) is 35.9 Å². The summed E-state index contributed by atoms with van der Waals surface area (Å²) < 4.78 is 5.17. The molecule has 0 aliphatic rings. The molecule has 0 spiro atoms. The molecule has 0 heterocycles. The highest BCUT2D eigenvalue weighted by molar-refractivity contribution is 5.85. The topological polar surface area (TPSA) is 93.4 Å². The molecule has 1 aromatic carbocycles. The van der Waals surface area contributed by atoms with Gasteiger partial charge in [-0.15, -0.1) is 0 Å². The van der Waals surface area contributed by atoms with Gasteiger partial charge in [-0.05, 0) is 17.4 Å². The Balaban J connectivity index is 2.49. The van der Waals surface area contributed by atoms with Gasteiger partial charge in [-0.1, -0.05) is 58.0 Å². The van der Waals surface area contributed by atoms with Crippen LogP contribution >= 0.6 is 0 Å². The summed E-state index contributed by atoms with van der Waals surface area (Å²) >= 11 is 0. The van der Waals surface area contributed by atoms with Gasteiger partial charge < -0.3 is 21.1 Å². The smallest absolute Gasteiger partial charge is 0.408 e. The van der Waals surface area contributed by atoms with Crippen molar-refractivity contribution >= 4 is 12.0 Å². The number of carbonyl (C=O) groups is 2. The predicted octanol–water partition coefficient (Wildman–Crippen LogP) is 2.04. The van der Waals surface area contributed by atoms with E-state index in [-0.39, 0.29) is 30.4 Å². The molecule has 0 fully saturated rings. The van der Waals surface area contributed by atoms with Crippen LogP contribution < -0.4 is 16.4 Å². The van der Waals surface area contributed by atoms with E-state index in [4.69, 9.17) is 10.5 Å². The lowest BCUT2D eigenvalue weighted by Gasteiger charge is -2.23. The minimum Gasteiger partial charge on any atom is -0.445 e. The molecule has 0 saturated heterocycles. The van der Waals surface area contributed by atoms with Gasteiger partial charge in [-0.2, -0.15) is 0 Å². The first kappa shape index (κ1) is 20.0. The van der Waals surface area contributed by atoms with E-state index in [1.54, 1.807) is 0 Å². The van der Waals surface area contributed by atoms with Crippen molar-refractivity contribution in [3.8, 4) is 0 Å². The van der Waals surface area contributed by atoms with Crippen molar-refractivity contribution < 1.29 is 14.3 Å². The van der Waals surface area contributed by atoms with E-state index in [2.05, 4.69) is 10.6 Å². The third-order valence-corrected chi connectivity index (χ3v) is 3.80. The molecule has 1 unspecified atom stereocenters. The molecule has 134 valence electrons. The van der Waals surface area contributed by atoms with Gasteiger partial charge in [0, 0.05) is 12.6 Å². The zero-order valence-electron chi connectivity index (χ0n) is 14.9. The number of benzene rings is 1. The molecule has 0 aliphatic heterocycles. The molecule has 4 N–H and O–H groups in total. The lowest BCUT2D eigenvalue weighted by Crippen LogP contribution is -2.52. The molecular weight excluding hydrogens is 306 g/mol. The fourth-order valence-corrected chi connectivity index (χ4v) is 1.99. The lowest BCUT2D eigenvalue weighted by atomic mass is 10.0. The van der Waals surface area contributed by atoms with Crippen LogP contribution in [0.2, 0.25) is 0 Å². The highest BCUT2D eigenvalue weighted by Crippen LogP contribution is 2.05. The first-order valence-corrected chi connectivity index (χ1v) is 8.31. The number of carbonyl (C=O) groups excluding carboxylic acids is 2. The largest absolute Gasteiger partial charge is 0.445 e. The molecule has 0 radical (unpaired) electrons. The summed E-state index contributed by atoms with van der Waals surface area (Å²) in [6, 6.07) is 8.60. The van der Waals surface area contributed by atoms with Crippen LogP contribution in [0, 0.1) is 11.8 Å². The van der Waals surface area contributed by atoms with Gasteiger partial charge in [0.15, 0.2) is 0 Å². The number of hydrogen-bond donors (Lipinski definition) is 3. The van der Waals surface area contributed by atoms with E-state index in [1.807, 2.05) is 58.0 Å². The summed E-state index contributed by atoms with van der Waals surface area (Å²) in [5.74, 6) is -0.0473. The second kappa shape index (κ2) is 9.93. The minimum absolute atomic E-state index is 0.0652. The Labute approximate surface area is 144 Å². The van der Waals surface area contributed by atoms with E-state index < -0.39 is 12.1 Å². The van der Waals surface area contributed by atoms with Gasteiger partial charge >= 0.3 is 6.09 Å². The van der Waals surface area contributed by atoms with Gasteiger partial charge in [0.2, 0.25) is 5.91 Å². The summed E-state index contributed by atoms with van der Waals surface area (Å²) in [5.41, 5.74) is 6.82. The Morgan fingerprint density at radius 2 is 1.71 bits per heavy atom. The maximum absolute atomic E-state index is 12.3. The van der Waals surface area contributed by atoms with Gasteiger partial charge in [0.1, 0.15) is 12.6 Å². The van der Waals surface area contributed by atoms with Crippen LogP contribution in [0.5, 0.6) is 0 Å². The van der Waals surface area contributed by atoms with Crippen LogP contribution in [0.3, 0.4) is 0 Å². The number of nitrogens with two attached hydrogens (primary N) is 1. The summed E-state index contributed by atoms with van der Waals surface area (Å²) in [4.78, 5) is 24.2. The second-order valence-corrected chi connectivity index (χ2v) is 6.58. The number of nitrogens with one attached hydrogen (secondary N) is 2. The monoisotopic (exact) mass is 335 g/mol. The van der Waals surface area contributed by atoms with Crippen LogP contribution in [-0.4, -0.2) is 30.6 Å². The molecule has 0 aromatic heterocycles. The minimum atomic E-state index is -0.660. The maximum Gasteiger partial charge on any atom is 0.408 e. The zero-order chi connectivity index (χ0) is 18.1. The van der Waals surface area contributed by atoms with Crippen molar-refractivity contribution in [1.82, 2.24) is 10.6 Å².